The summed E-state index contributed by atoms with van der Waals surface area (Å²) in [6.45, 7) is 0. The molecule has 0 aliphatic rings. The quantitative estimate of drug-likeness (QED) is 0.619. The van der Waals surface area contributed by atoms with E-state index in [1.54, 1.807) is 6.07 Å². The largest absolute Gasteiger partial charge is 0.262 e. The molecule has 1 aromatic rings. The number of nitriles is 1. The van der Waals surface area contributed by atoms with Gasteiger partial charge in [-0.25, -0.2) is 8.42 Å². The first-order valence-electron chi connectivity index (χ1n) is 3.63. The SMILES string of the molecule is N#Cc1cc(Br)cc(CCl)c1S(=O)(=O)Cl. The van der Waals surface area contributed by atoms with Gasteiger partial charge in [-0.1, -0.05) is 15.9 Å². The van der Waals surface area contributed by atoms with E-state index in [0.29, 0.717) is 10.0 Å². The van der Waals surface area contributed by atoms with Gasteiger partial charge in [0.15, 0.2) is 0 Å². The van der Waals surface area contributed by atoms with Crippen LogP contribution in [0.3, 0.4) is 0 Å². The number of hydrogen-bond donors (Lipinski definition) is 0. The van der Waals surface area contributed by atoms with Crippen molar-refractivity contribution in [2.75, 3.05) is 0 Å². The summed E-state index contributed by atoms with van der Waals surface area (Å²) in [4.78, 5) is -0.218. The Bertz CT molecular complexity index is 536. The average molecular weight is 329 g/mol. The molecule has 0 amide bonds. The van der Waals surface area contributed by atoms with E-state index in [1.807, 2.05) is 0 Å². The van der Waals surface area contributed by atoms with Crippen molar-refractivity contribution in [1.82, 2.24) is 0 Å². The van der Waals surface area contributed by atoms with Gasteiger partial charge in [-0.2, -0.15) is 5.26 Å². The van der Waals surface area contributed by atoms with Gasteiger partial charge in [-0.15, -0.1) is 11.6 Å². The maximum Gasteiger partial charge on any atom is 0.262 e. The summed E-state index contributed by atoms with van der Waals surface area (Å²) in [6.07, 6.45) is 0. The van der Waals surface area contributed by atoms with Crippen LogP contribution in [0.2, 0.25) is 0 Å². The van der Waals surface area contributed by atoms with Crippen molar-refractivity contribution in [1.29, 1.82) is 5.26 Å². The molecular formula is C8H4BrCl2NO2S. The molecule has 80 valence electrons. The normalized spacial score (nSPS) is 11.1. The second kappa shape index (κ2) is 4.71. The maximum atomic E-state index is 11.2. The molecule has 0 spiro atoms. The van der Waals surface area contributed by atoms with Crippen molar-refractivity contribution in [2.24, 2.45) is 0 Å². The topological polar surface area (TPSA) is 57.9 Å². The minimum absolute atomic E-state index is 0.0185. The number of benzene rings is 1. The third-order valence-corrected chi connectivity index (χ3v) is 3.82. The van der Waals surface area contributed by atoms with Crippen LogP contribution in [0, 0.1) is 11.3 Å². The Labute approximate surface area is 105 Å². The van der Waals surface area contributed by atoms with Crippen LogP contribution in [0.15, 0.2) is 21.5 Å². The van der Waals surface area contributed by atoms with E-state index in [2.05, 4.69) is 15.9 Å². The fourth-order valence-corrected chi connectivity index (χ4v) is 3.27. The van der Waals surface area contributed by atoms with E-state index in [-0.39, 0.29) is 16.3 Å². The fourth-order valence-electron chi connectivity index (χ4n) is 1.12. The zero-order valence-corrected chi connectivity index (χ0v) is 11.1. The van der Waals surface area contributed by atoms with Crippen molar-refractivity contribution in [3.05, 3.63) is 27.7 Å². The minimum atomic E-state index is -3.96. The first kappa shape index (κ1) is 12.8. The predicted octanol–water partition coefficient (Wildman–Crippen LogP) is 2.99. The Morgan fingerprint density at radius 3 is 2.47 bits per heavy atom. The highest BCUT2D eigenvalue weighted by molar-refractivity contribution is 9.10. The third kappa shape index (κ3) is 2.85. The molecule has 0 heterocycles. The van der Waals surface area contributed by atoms with Gasteiger partial charge in [-0.3, -0.25) is 0 Å². The first-order valence-corrected chi connectivity index (χ1v) is 7.27. The Kier molecular flexibility index (Phi) is 4.01. The van der Waals surface area contributed by atoms with E-state index in [1.165, 1.54) is 12.1 Å². The standard InChI is InChI=1S/C8H4BrCl2NO2S/c9-7-1-5(3-10)8(15(11,13)14)6(2-7)4-12/h1-2H,3H2. The van der Waals surface area contributed by atoms with Crippen molar-refractivity contribution >= 4 is 47.3 Å². The molecule has 0 fully saturated rings. The van der Waals surface area contributed by atoms with E-state index in [0.717, 1.165) is 0 Å². The lowest BCUT2D eigenvalue weighted by atomic mass is 10.1. The molecule has 0 saturated heterocycles. The number of hydrogen-bond acceptors (Lipinski definition) is 3. The molecule has 0 aromatic heterocycles. The molecule has 0 saturated carbocycles. The van der Waals surface area contributed by atoms with Crippen LogP contribution in [0.4, 0.5) is 0 Å². The molecule has 0 aliphatic heterocycles. The van der Waals surface area contributed by atoms with E-state index >= 15 is 0 Å². The molecule has 0 radical (unpaired) electrons. The fraction of sp³-hybridized carbons (Fsp3) is 0.125. The Balaban J connectivity index is 3.69. The molecule has 0 atom stereocenters. The number of alkyl halides is 1. The van der Waals surface area contributed by atoms with Crippen molar-refractivity contribution in [3.8, 4) is 6.07 Å². The number of nitrogens with zero attached hydrogens (tertiary/aromatic N) is 1. The maximum absolute atomic E-state index is 11.2. The molecular weight excluding hydrogens is 325 g/mol. The van der Waals surface area contributed by atoms with Crippen LogP contribution >= 0.6 is 38.2 Å². The second-order valence-electron chi connectivity index (χ2n) is 2.62. The van der Waals surface area contributed by atoms with E-state index < -0.39 is 9.05 Å². The van der Waals surface area contributed by atoms with E-state index in [9.17, 15) is 8.42 Å². The van der Waals surface area contributed by atoms with Gasteiger partial charge in [0.25, 0.3) is 9.05 Å². The monoisotopic (exact) mass is 327 g/mol. The third-order valence-electron chi connectivity index (χ3n) is 1.64. The Hall–Kier alpha value is -0.280. The van der Waals surface area contributed by atoms with Gasteiger partial charge in [-0.05, 0) is 17.7 Å². The van der Waals surface area contributed by atoms with Crippen LogP contribution in [0.25, 0.3) is 0 Å². The van der Waals surface area contributed by atoms with Gasteiger partial charge in [0, 0.05) is 21.0 Å². The van der Waals surface area contributed by atoms with Crippen LogP contribution in [-0.2, 0) is 14.9 Å². The molecule has 0 aliphatic carbocycles. The van der Waals surface area contributed by atoms with Crippen molar-refractivity contribution < 1.29 is 8.42 Å². The molecule has 0 unspecified atom stereocenters. The van der Waals surface area contributed by atoms with Crippen molar-refractivity contribution in [3.63, 3.8) is 0 Å². The molecule has 1 aromatic carbocycles. The zero-order valence-electron chi connectivity index (χ0n) is 7.17. The van der Waals surface area contributed by atoms with E-state index in [4.69, 9.17) is 27.5 Å². The average Bonchev–Trinajstić information content (AvgIpc) is 2.14. The molecule has 0 N–H and O–H groups in total. The minimum Gasteiger partial charge on any atom is -0.207 e. The Morgan fingerprint density at radius 2 is 2.07 bits per heavy atom. The van der Waals surface area contributed by atoms with Crippen LogP contribution in [0.5, 0.6) is 0 Å². The van der Waals surface area contributed by atoms with Crippen LogP contribution in [0.1, 0.15) is 11.1 Å². The van der Waals surface area contributed by atoms with Crippen molar-refractivity contribution in [2.45, 2.75) is 10.8 Å². The summed E-state index contributed by atoms with van der Waals surface area (Å²) in [5.74, 6) is -0.0323. The number of halogens is 3. The highest BCUT2D eigenvalue weighted by Crippen LogP contribution is 2.28. The summed E-state index contributed by atoms with van der Waals surface area (Å²) >= 11 is 8.73. The smallest absolute Gasteiger partial charge is 0.207 e. The van der Waals surface area contributed by atoms with Gasteiger partial charge in [0.05, 0.1) is 5.56 Å². The summed E-state index contributed by atoms with van der Waals surface area (Å²) in [7, 11) is 1.27. The van der Waals surface area contributed by atoms with Crippen LogP contribution in [-0.4, -0.2) is 8.42 Å². The summed E-state index contributed by atoms with van der Waals surface area (Å²) in [5.41, 5.74) is 0.285. The zero-order chi connectivity index (χ0) is 11.6. The highest BCUT2D eigenvalue weighted by Gasteiger charge is 2.20. The van der Waals surface area contributed by atoms with Crippen LogP contribution < -0.4 is 0 Å². The molecule has 1 rings (SSSR count). The van der Waals surface area contributed by atoms with Gasteiger partial charge >= 0.3 is 0 Å². The van der Waals surface area contributed by atoms with Gasteiger partial charge in [0.2, 0.25) is 0 Å². The Morgan fingerprint density at radius 1 is 1.47 bits per heavy atom. The summed E-state index contributed by atoms with van der Waals surface area (Å²) in [6, 6.07) is 4.66. The summed E-state index contributed by atoms with van der Waals surface area (Å²) in [5, 5.41) is 8.79. The molecule has 0 bridgehead atoms. The highest BCUT2D eigenvalue weighted by atomic mass is 79.9. The molecule has 3 nitrogen and oxygen atoms in total. The van der Waals surface area contributed by atoms with Gasteiger partial charge < -0.3 is 0 Å². The molecule has 15 heavy (non-hydrogen) atoms. The lowest BCUT2D eigenvalue weighted by molar-refractivity contribution is 0.608. The second-order valence-corrected chi connectivity index (χ2v) is 6.31. The van der Waals surface area contributed by atoms with Gasteiger partial charge in [0.1, 0.15) is 11.0 Å². The predicted molar refractivity (Wildman–Crippen MR) is 61.5 cm³/mol. The summed E-state index contributed by atoms with van der Waals surface area (Å²) < 4.78 is 23.1. The first-order chi connectivity index (χ1) is 6.90. The number of rotatable bonds is 2. The molecule has 7 heteroatoms. The lowest BCUT2D eigenvalue weighted by Gasteiger charge is -2.06. The lowest BCUT2D eigenvalue weighted by Crippen LogP contribution is -2.00.